The highest BCUT2D eigenvalue weighted by molar-refractivity contribution is 9.10. The lowest BCUT2D eigenvalue weighted by Gasteiger charge is -1.96. The number of nitrogens with zero attached hydrogens (tertiary/aromatic N) is 2. The monoisotopic (exact) mass is 327 g/mol. The summed E-state index contributed by atoms with van der Waals surface area (Å²) < 4.78 is 3.50. The molecule has 17 heavy (non-hydrogen) atoms. The van der Waals surface area contributed by atoms with E-state index in [1.54, 1.807) is 0 Å². The van der Waals surface area contributed by atoms with Gasteiger partial charge in [-0.25, -0.2) is 4.98 Å². The van der Waals surface area contributed by atoms with E-state index in [0.29, 0.717) is 5.82 Å². The topological polar surface area (TPSA) is 43.3 Å². The Morgan fingerprint density at radius 3 is 2.82 bits per heavy atom. The molecule has 0 aromatic carbocycles. The normalized spacial score (nSPS) is 11.2. The zero-order valence-corrected chi connectivity index (χ0v) is 11.7. The molecule has 0 saturated carbocycles. The van der Waals surface area contributed by atoms with Crippen LogP contribution in [0.1, 0.15) is 0 Å². The summed E-state index contributed by atoms with van der Waals surface area (Å²) in [6, 6.07) is 7.63. The zero-order valence-electron chi connectivity index (χ0n) is 8.52. The van der Waals surface area contributed by atoms with Crippen molar-refractivity contribution in [2.45, 2.75) is 0 Å². The Kier molecular flexibility index (Phi) is 2.61. The van der Waals surface area contributed by atoms with Gasteiger partial charge in [0.25, 0.3) is 0 Å². The fourth-order valence-electron chi connectivity index (χ4n) is 1.68. The number of aromatic nitrogens is 2. The Labute approximate surface area is 115 Å². The van der Waals surface area contributed by atoms with E-state index in [2.05, 4.69) is 20.9 Å². The van der Waals surface area contributed by atoms with E-state index < -0.39 is 0 Å². The molecule has 3 rings (SSSR count). The quantitative estimate of drug-likeness (QED) is 0.732. The highest BCUT2D eigenvalue weighted by Crippen LogP contribution is 2.35. The molecule has 0 aliphatic heterocycles. The first-order chi connectivity index (χ1) is 8.16. The Balaban J connectivity index is 2.31. The van der Waals surface area contributed by atoms with Gasteiger partial charge in [0, 0.05) is 6.20 Å². The Bertz CT molecular complexity index is 704. The summed E-state index contributed by atoms with van der Waals surface area (Å²) in [6.07, 6.45) is 1.89. The van der Waals surface area contributed by atoms with Crippen LogP contribution >= 0.6 is 38.9 Å². The van der Waals surface area contributed by atoms with E-state index in [1.165, 1.54) is 11.3 Å². The van der Waals surface area contributed by atoms with Crippen LogP contribution in [0.25, 0.3) is 16.2 Å². The lowest BCUT2D eigenvalue weighted by atomic mass is 10.3. The van der Waals surface area contributed by atoms with E-state index in [0.717, 1.165) is 25.0 Å². The summed E-state index contributed by atoms with van der Waals surface area (Å²) in [5.41, 5.74) is 7.67. The minimum Gasteiger partial charge on any atom is -0.383 e. The van der Waals surface area contributed by atoms with Crippen molar-refractivity contribution in [3.05, 3.63) is 39.3 Å². The van der Waals surface area contributed by atoms with Crippen LogP contribution in [0, 0.1) is 0 Å². The minimum atomic E-state index is 0.625. The van der Waals surface area contributed by atoms with Crippen LogP contribution < -0.4 is 5.73 Å². The maximum Gasteiger partial charge on any atom is 0.153 e. The van der Waals surface area contributed by atoms with Crippen molar-refractivity contribution in [3.8, 4) is 10.6 Å². The Morgan fingerprint density at radius 1 is 1.35 bits per heavy atom. The first-order valence-electron chi connectivity index (χ1n) is 4.84. The van der Waals surface area contributed by atoms with Crippen molar-refractivity contribution in [2.75, 3.05) is 5.73 Å². The van der Waals surface area contributed by atoms with Crippen LogP contribution in [0.3, 0.4) is 0 Å². The first kappa shape index (κ1) is 11.1. The van der Waals surface area contributed by atoms with Crippen LogP contribution in [0.2, 0.25) is 4.34 Å². The predicted octanol–water partition coefficient (Wildman–Crippen LogP) is 4.06. The summed E-state index contributed by atoms with van der Waals surface area (Å²) >= 11 is 10.9. The second kappa shape index (κ2) is 4.01. The lowest BCUT2D eigenvalue weighted by molar-refractivity contribution is 1.19. The molecular weight excluding hydrogens is 322 g/mol. The zero-order chi connectivity index (χ0) is 12.0. The van der Waals surface area contributed by atoms with Crippen LogP contribution in [0.15, 0.2) is 34.9 Å². The van der Waals surface area contributed by atoms with Gasteiger partial charge in [0.1, 0.15) is 11.5 Å². The molecule has 0 radical (unpaired) electrons. The number of thiophene rings is 1. The molecule has 3 heterocycles. The molecule has 0 spiro atoms. The smallest absolute Gasteiger partial charge is 0.153 e. The van der Waals surface area contributed by atoms with Gasteiger partial charge in [0.05, 0.1) is 13.7 Å². The van der Waals surface area contributed by atoms with E-state index >= 15 is 0 Å². The van der Waals surface area contributed by atoms with E-state index in [9.17, 15) is 0 Å². The summed E-state index contributed by atoms with van der Waals surface area (Å²) in [5, 5.41) is 0. The van der Waals surface area contributed by atoms with Crippen molar-refractivity contribution < 1.29 is 0 Å². The average molecular weight is 329 g/mol. The highest BCUT2D eigenvalue weighted by Gasteiger charge is 2.14. The van der Waals surface area contributed by atoms with Crippen molar-refractivity contribution in [3.63, 3.8) is 0 Å². The number of pyridine rings is 1. The average Bonchev–Trinajstić information content (AvgIpc) is 2.85. The number of rotatable bonds is 1. The summed E-state index contributed by atoms with van der Waals surface area (Å²) in [6.45, 7) is 0. The van der Waals surface area contributed by atoms with Crippen molar-refractivity contribution >= 4 is 50.3 Å². The van der Waals surface area contributed by atoms with Gasteiger partial charge in [-0.05, 0) is 40.2 Å². The maximum absolute atomic E-state index is 6.09. The van der Waals surface area contributed by atoms with Crippen LogP contribution in [-0.4, -0.2) is 9.38 Å². The first-order valence-corrected chi connectivity index (χ1v) is 6.83. The molecule has 6 heteroatoms. The minimum absolute atomic E-state index is 0.625. The molecule has 0 amide bonds. The van der Waals surface area contributed by atoms with Gasteiger partial charge < -0.3 is 5.73 Å². The number of fused-ring (bicyclic) bond motifs is 1. The second-order valence-corrected chi connectivity index (χ2v) is 6.07. The van der Waals surface area contributed by atoms with Crippen LogP contribution in [0.4, 0.5) is 5.82 Å². The molecular formula is C11H7BrClN3S. The number of hydrogen-bond acceptors (Lipinski definition) is 3. The summed E-state index contributed by atoms with van der Waals surface area (Å²) in [4.78, 5) is 5.51. The van der Waals surface area contributed by atoms with E-state index in [1.807, 2.05) is 34.9 Å². The van der Waals surface area contributed by atoms with E-state index in [-0.39, 0.29) is 0 Å². The fraction of sp³-hybridized carbons (Fsp3) is 0. The van der Waals surface area contributed by atoms with Gasteiger partial charge in [0.2, 0.25) is 0 Å². The number of hydrogen-bond donors (Lipinski definition) is 1. The van der Waals surface area contributed by atoms with Gasteiger partial charge in [-0.1, -0.05) is 11.6 Å². The molecule has 3 aromatic rings. The summed E-state index contributed by atoms with van der Waals surface area (Å²) in [5.74, 6) is 0.625. The molecule has 86 valence electrons. The molecule has 3 nitrogen and oxygen atoms in total. The predicted molar refractivity (Wildman–Crippen MR) is 75.6 cm³/mol. The standard InChI is InChI=1S/C11H7BrClN3S/c12-6-2-1-5-16-10(14)9(15-11(6)16)7-3-4-8(13)17-7/h1-5H,14H2. The van der Waals surface area contributed by atoms with Gasteiger partial charge >= 0.3 is 0 Å². The molecule has 0 aliphatic rings. The van der Waals surface area contributed by atoms with Crippen LogP contribution in [-0.2, 0) is 0 Å². The number of nitrogens with two attached hydrogens (primary N) is 1. The molecule has 2 N–H and O–H groups in total. The highest BCUT2D eigenvalue weighted by atomic mass is 79.9. The molecule has 0 aliphatic carbocycles. The third-order valence-corrected chi connectivity index (χ3v) is 4.30. The molecule has 0 atom stereocenters. The second-order valence-electron chi connectivity index (χ2n) is 3.50. The fourth-order valence-corrected chi connectivity index (χ4v) is 3.15. The van der Waals surface area contributed by atoms with E-state index in [4.69, 9.17) is 17.3 Å². The SMILES string of the molecule is Nc1c(-c2ccc(Cl)s2)nc2c(Br)cccn12. The van der Waals surface area contributed by atoms with Gasteiger partial charge in [-0.15, -0.1) is 11.3 Å². The molecule has 0 bridgehead atoms. The Hall–Kier alpha value is -1.04. The number of halogens is 2. The number of imidazole rings is 1. The van der Waals surface area contributed by atoms with Gasteiger partial charge in [0.15, 0.2) is 5.65 Å². The number of nitrogen functional groups attached to an aromatic ring is 1. The van der Waals surface area contributed by atoms with Gasteiger partial charge in [-0.3, -0.25) is 4.40 Å². The third-order valence-electron chi connectivity index (χ3n) is 2.45. The molecule has 3 aromatic heterocycles. The molecule has 0 fully saturated rings. The Morgan fingerprint density at radius 2 is 2.18 bits per heavy atom. The van der Waals surface area contributed by atoms with Gasteiger partial charge in [-0.2, -0.15) is 0 Å². The van der Waals surface area contributed by atoms with Crippen molar-refractivity contribution in [1.82, 2.24) is 9.38 Å². The maximum atomic E-state index is 6.09. The molecule has 0 unspecified atom stereocenters. The largest absolute Gasteiger partial charge is 0.383 e. The van der Waals surface area contributed by atoms with Crippen molar-refractivity contribution in [2.24, 2.45) is 0 Å². The molecule has 0 saturated heterocycles. The van der Waals surface area contributed by atoms with Crippen LogP contribution in [0.5, 0.6) is 0 Å². The summed E-state index contributed by atoms with van der Waals surface area (Å²) in [7, 11) is 0. The third kappa shape index (κ3) is 1.74. The van der Waals surface area contributed by atoms with Crippen molar-refractivity contribution in [1.29, 1.82) is 0 Å². The lowest BCUT2D eigenvalue weighted by Crippen LogP contribution is -1.93. The number of anilines is 1.